The SMILES string of the molecule is CNC[C@@H](C)CNS(=O)(=O)C[C@@H]1CCCCO1. The minimum absolute atomic E-state index is 0.0965. The van der Waals surface area contributed by atoms with E-state index in [-0.39, 0.29) is 11.9 Å². The fourth-order valence-electron chi connectivity index (χ4n) is 1.93. The molecule has 5 nitrogen and oxygen atoms in total. The maximum Gasteiger partial charge on any atom is 0.214 e. The second-order valence-electron chi connectivity index (χ2n) is 4.78. The van der Waals surface area contributed by atoms with Crippen molar-refractivity contribution in [2.45, 2.75) is 32.3 Å². The highest BCUT2D eigenvalue weighted by Gasteiger charge is 2.22. The van der Waals surface area contributed by atoms with Crippen LogP contribution in [0.5, 0.6) is 0 Å². The lowest BCUT2D eigenvalue weighted by Crippen LogP contribution is -2.38. The zero-order valence-electron chi connectivity index (χ0n) is 10.7. The first-order valence-electron chi connectivity index (χ1n) is 6.27. The molecule has 1 aliphatic heterocycles. The lowest BCUT2D eigenvalue weighted by molar-refractivity contribution is 0.0304. The van der Waals surface area contributed by atoms with Gasteiger partial charge < -0.3 is 10.1 Å². The molecule has 0 unspecified atom stereocenters. The monoisotopic (exact) mass is 264 g/mol. The zero-order valence-corrected chi connectivity index (χ0v) is 11.6. The first-order chi connectivity index (χ1) is 8.03. The van der Waals surface area contributed by atoms with Gasteiger partial charge in [-0.1, -0.05) is 6.92 Å². The summed E-state index contributed by atoms with van der Waals surface area (Å²) in [5, 5.41) is 3.03. The maximum atomic E-state index is 11.8. The van der Waals surface area contributed by atoms with E-state index in [9.17, 15) is 8.42 Å². The van der Waals surface area contributed by atoms with Gasteiger partial charge in [-0.25, -0.2) is 13.1 Å². The number of sulfonamides is 1. The Morgan fingerprint density at radius 3 is 2.71 bits per heavy atom. The average Bonchev–Trinajstić information content (AvgIpc) is 2.28. The fraction of sp³-hybridized carbons (Fsp3) is 1.00. The predicted octanol–water partition coefficient (Wildman–Crippen LogP) is 0.330. The van der Waals surface area contributed by atoms with E-state index >= 15 is 0 Å². The summed E-state index contributed by atoms with van der Waals surface area (Å²) in [6.07, 6.45) is 2.84. The number of nitrogens with one attached hydrogen (secondary N) is 2. The summed E-state index contributed by atoms with van der Waals surface area (Å²) in [5.74, 6) is 0.390. The molecule has 0 aromatic rings. The lowest BCUT2D eigenvalue weighted by atomic mass is 10.1. The van der Waals surface area contributed by atoms with Gasteiger partial charge in [0.15, 0.2) is 0 Å². The Labute approximate surface area is 104 Å². The molecular weight excluding hydrogens is 240 g/mol. The van der Waals surface area contributed by atoms with E-state index < -0.39 is 10.0 Å². The molecule has 0 radical (unpaired) electrons. The van der Waals surface area contributed by atoms with Crippen LogP contribution in [0.2, 0.25) is 0 Å². The third-order valence-electron chi connectivity index (χ3n) is 2.88. The molecule has 0 amide bonds. The van der Waals surface area contributed by atoms with Gasteiger partial charge >= 0.3 is 0 Å². The molecule has 2 N–H and O–H groups in total. The second kappa shape index (κ2) is 7.31. The van der Waals surface area contributed by atoms with Crippen LogP contribution in [0, 0.1) is 5.92 Å². The van der Waals surface area contributed by atoms with Crippen LogP contribution in [-0.4, -0.2) is 47.0 Å². The first kappa shape index (κ1) is 14.9. The standard InChI is InChI=1S/C11H24N2O3S/c1-10(7-12-2)8-13-17(14,15)9-11-5-3-4-6-16-11/h10-13H,3-9H2,1-2H3/t10-,11+/m1/s1. The van der Waals surface area contributed by atoms with Gasteiger partial charge in [0, 0.05) is 13.2 Å². The van der Waals surface area contributed by atoms with Crippen LogP contribution in [0.3, 0.4) is 0 Å². The Morgan fingerprint density at radius 1 is 1.35 bits per heavy atom. The summed E-state index contributed by atoms with van der Waals surface area (Å²) >= 11 is 0. The summed E-state index contributed by atoms with van der Waals surface area (Å²) < 4.78 is 31.7. The van der Waals surface area contributed by atoms with Crippen molar-refractivity contribution in [3.05, 3.63) is 0 Å². The van der Waals surface area contributed by atoms with E-state index in [1.165, 1.54) is 0 Å². The third-order valence-corrected chi connectivity index (χ3v) is 4.30. The summed E-state index contributed by atoms with van der Waals surface area (Å²) in [6, 6.07) is 0. The van der Waals surface area contributed by atoms with Gasteiger partial charge in [-0.15, -0.1) is 0 Å². The van der Waals surface area contributed by atoms with Gasteiger partial charge in [0.1, 0.15) is 0 Å². The van der Waals surface area contributed by atoms with Gasteiger partial charge in [-0.05, 0) is 38.8 Å². The zero-order chi connectivity index (χ0) is 12.7. The molecule has 0 aliphatic carbocycles. The van der Waals surface area contributed by atoms with E-state index in [1.807, 2.05) is 14.0 Å². The van der Waals surface area contributed by atoms with Crippen molar-refractivity contribution >= 4 is 10.0 Å². The molecule has 0 aromatic heterocycles. The molecule has 1 fully saturated rings. The highest BCUT2D eigenvalue weighted by Crippen LogP contribution is 2.14. The van der Waals surface area contributed by atoms with Gasteiger partial charge in [-0.2, -0.15) is 0 Å². The van der Waals surface area contributed by atoms with Crippen molar-refractivity contribution in [2.75, 3.05) is 32.5 Å². The van der Waals surface area contributed by atoms with Crippen LogP contribution in [0.1, 0.15) is 26.2 Å². The second-order valence-corrected chi connectivity index (χ2v) is 6.63. The smallest absolute Gasteiger partial charge is 0.214 e. The summed E-state index contributed by atoms with van der Waals surface area (Å²) in [4.78, 5) is 0. The Hall–Kier alpha value is -0.170. The minimum atomic E-state index is -3.20. The van der Waals surface area contributed by atoms with Crippen LogP contribution < -0.4 is 10.0 Å². The van der Waals surface area contributed by atoms with E-state index in [0.29, 0.717) is 19.1 Å². The number of rotatable bonds is 7. The van der Waals surface area contributed by atoms with E-state index in [0.717, 1.165) is 25.8 Å². The molecule has 0 saturated carbocycles. The molecule has 0 bridgehead atoms. The van der Waals surface area contributed by atoms with Crippen LogP contribution in [-0.2, 0) is 14.8 Å². The molecule has 1 rings (SSSR count). The molecule has 102 valence electrons. The topological polar surface area (TPSA) is 67.4 Å². The number of ether oxygens (including phenoxy) is 1. The van der Waals surface area contributed by atoms with Gasteiger partial charge in [0.2, 0.25) is 10.0 Å². The lowest BCUT2D eigenvalue weighted by Gasteiger charge is -2.22. The molecule has 1 aliphatic rings. The number of hydrogen-bond acceptors (Lipinski definition) is 4. The summed E-state index contributed by atoms with van der Waals surface area (Å²) in [6.45, 7) is 3.99. The minimum Gasteiger partial charge on any atom is -0.377 e. The summed E-state index contributed by atoms with van der Waals surface area (Å²) in [5.41, 5.74) is 0. The Bertz CT molecular complexity index is 300. The first-order valence-corrected chi connectivity index (χ1v) is 7.92. The highest BCUT2D eigenvalue weighted by atomic mass is 32.2. The van der Waals surface area contributed by atoms with Crippen LogP contribution in [0.15, 0.2) is 0 Å². The Balaban J connectivity index is 2.29. The van der Waals surface area contributed by atoms with Gasteiger partial charge in [-0.3, -0.25) is 0 Å². The average molecular weight is 264 g/mol. The fourth-order valence-corrected chi connectivity index (χ4v) is 3.34. The van der Waals surface area contributed by atoms with Gasteiger partial charge in [0.25, 0.3) is 0 Å². The number of hydrogen-bond donors (Lipinski definition) is 2. The molecular formula is C11H24N2O3S. The summed E-state index contributed by atoms with van der Waals surface area (Å²) in [7, 11) is -1.34. The Kier molecular flexibility index (Phi) is 6.40. The largest absolute Gasteiger partial charge is 0.377 e. The maximum absolute atomic E-state index is 11.8. The quantitative estimate of drug-likeness (QED) is 0.695. The third kappa shape index (κ3) is 6.35. The normalized spacial score (nSPS) is 23.5. The van der Waals surface area contributed by atoms with Crippen molar-refractivity contribution in [2.24, 2.45) is 5.92 Å². The molecule has 2 atom stereocenters. The van der Waals surface area contributed by atoms with Crippen LogP contribution in [0.25, 0.3) is 0 Å². The molecule has 0 aromatic carbocycles. The molecule has 17 heavy (non-hydrogen) atoms. The van der Waals surface area contributed by atoms with Crippen molar-refractivity contribution in [1.29, 1.82) is 0 Å². The predicted molar refractivity (Wildman–Crippen MR) is 68.5 cm³/mol. The van der Waals surface area contributed by atoms with Crippen molar-refractivity contribution < 1.29 is 13.2 Å². The molecule has 1 heterocycles. The molecule has 0 spiro atoms. The van der Waals surface area contributed by atoms with Crippen molar-refractivity contribution in [3.8, 4) is 0 Å². The van der Waals surface area contributed by atoms with Crippen LogP contribution >= 0.6 is 0 Å². The van der Waals surface area contributed by atoms with Crippen LogP contribution in [0.4, 0.5) is 0 Å². The molecule has 6 heteroatoms. The molecule has 1 saturated heterocycles. The van der Waals surface area contributed by atoms with E-state index in [2.05, 4.69) is 10.0 Å². The van der Waals surface area contributed by atoms with Crippen molar-refractivity contribution in [1.82, 2.24) is 10.0 Å². The Morgan fingerprint density at radius 2 is 2.12 bits per heavy atom. The van der Waals surface area contributed by atoms with Crippen molar-refractivity contribution in [3.63, 3.8) is 0 Å². The van der Waals surface area contributed by atoms with Gasteiger partial charge in [0.05, 0.1) is 11.9 Å². The highest BCUT2D eigenvalue weighted by molar-refractivity contribution is 7.89. The van der Waals surface area contributed by atoms with E-state index in [4.69, 9.17) is 4.74 Å². The van der Waals surface area contributed by atoms with E-state index in [1.54, 1.807) is 0 Å².